The maximum absolute atomic E-state index is 12.7. The molecule has 0 aliphatic carbocycles. The van der Waals surface area contributed by atoms with E-state index in [2.05, 4.69) is 10.6 Å². The lowest BCUT2D eigenvalue weighted by Gasteiger charge is -2.24. The standard InChI is InChI=1S/C18H24N2O6/c1-17(2,3)19-13(21)9-7-8-10(15(23)24)12(16(25)26)11(9)14(22)20-18(4,5)6/h7-8H,1-6H3,(H,19,21)(H,20,22)(H,23,24)(H,25,26). The van der Waals surface area contributed by atoms with Crippen LogP contribution < -0.4 is 10.6 Å². The van der Waals surface area contributed by atoms with Crippen LogP contribution in [0.5, 0.6) is 0 Å². The van der Waals surface area contributed by atoms with Gasteiger partial charge in [-0.3, -0.25) is 9.59 Å². The molecule has 0 saturated carbocycles. The third kappa shape index (κ3) is 5.30. The summed E-state index contributed by atoms with van der Waals surface area (Å²) in [5.74, 6) is -4.62. The normalized spacial score (nSPS) is 11.6. The van der Waals surface area contributed by atoms with E-state index in [9.17, 15) is 29.4 Å². The third-order valence-electron chi connectivity index (χ3n) is 3.10. The Morgan fingerprint density at radius 2 is 1.12 bits per heavy atom. The molecule has 0 aliphatic heterocycles. The van der Waals surface area contributed by atoms with Gasteiger partial charge in [0.1, 0.15) is 0 Å². The summed E-state index contributed by atoms with van der Waals surface area (Å²) in [7, 11) is 0. The van der Waals surface area contributed by atoms with Gasteiger partial charge >= 0.3 is 11.9 Å². The summed E-state index contributed by atoms with van der Waals surface area (Å²) in [5, 5.41) is 24.0. The van der Waals surface area contributed by atoms with Crippen molar-refractivity contribution in [2.24, 2.45) is 0 Å². The molecule has 0 unspecified atom stereocenters. The van der Waals surface area contributed by atoms with Gasteiger partial charge in [-0.25, -0.2) is 9.59 Å². The minimum absolute atomic E-state index is 0.205. The van der Waals surface area contributed by atoms with E-state index < -0.39 is 51.5 Å². The van der Waals surface area contributed by atoms with Gasteiger partial charge in [0.25, 0.3) is 11.8 Å². The lowest BCUT2D eigenvalue weighted by Crippen LogP contribution is -2.44. The van der Waals surface area contributed by atoms with E-state index in [1.165, 1.54) is 0 Å². The molecule has 0 saturated heterocycles. The van der Waals surface area contributed by atoms with Crippen LogP contribution in [0.1, 0.15) is 83.0 Å². The van der Waals surface area contributed by atoms with Gasteiger partial charge in [-0.05, 0) is 53.7 Å². The molecule has 1 rings (SSSR count). The highest BCUT2D eigenvalue weighted by molar-refractivity contribution is 6.16. The Bertz CT molecular complexity index is 769. The molecule has 4 N–H and O–H groups in total. The van der Waals surface area contributed by atoms with Gasteiger partial charge in [-0.1, -0.05) is 0 Å². The highest BCUT2D eigenvalue weighted by Gasteiger charge is 2.31. The van der Waals surface area contributed by atoms with E-state index in [-0.39, 0.29) is 5.56 Å². The monoisotopic (exact) mass is 364 g/mol. The van der Waals surface area contributed by atoms with E-state index in [1.54, 1.807) is 41.5 Å². The second kappa shape index (κ2) is 7.15. The van der Waals surface area contributed by atoms with Crippen molar-refractivity contribution >= 4 is 23.8 Å². The van der Waals surface area contributed by atoms with Gasteiger partial charge in [0, 0.05) is 11.1 Å². The van der Waals surface area contributed by atoms with Gasteiger partial charge in [0.05, 0.1) is 22.3 Å². The molecule has 26 heavy (non-hydrogen) atoms. The molecule has 8 nitrogen and oxygen atoms in total. The molecule has 2 amide bonds. The van der Waals surface area contributed by atoms with Gasteiger partial charge < -0.3 is 20.8 Å². The quantitative estimate of drug-likeness (QED) is 0.647. The van der Waals surface area contributed by atoms with Crippen molar-refractivity contribution < 1.29 is 29.4 Å². The molecule has 0 spiro atoms. The number of carbonyl (C=O) groups is 4. The Morgan fingerprint density at radius 3 is 1.50 bits per heavy atom. The van der Waals surface area contributed by atoms with Crippen LogP contribution in [0.4, 0.5) is 0 Å². The molecule has 0 aliphatic rings. The summed E-state index contributed by atoms with van der Waals surface area (Å²) in [6.07, 6.45) is 0. The minimum Gasteiger partial charge on any atom is -0.478 e. The molecular formula is C18H24N2O6. The molecular weight excluding hydrogens is 340 g/mol. The van der Waals surface area contributed by atoms with Crippen LogP contribution >= 0.6 is 0 Å². The Hall–Kier alpha value is -2.90. The molecule has 0 fully saturated rings. The van der Waals surface area contributed by atoms with Crippen molar-refractivity contribution in [3.05, 3.63) is 34.4 Å². The van der Waals surface area contributed by atoms with Crippen LogP contribution in [-0.2, 0) is 0 Å². The number of carboxylic acids is 2. The van der Waals surface area contributed by atoms with Crippen LogP contribution in [0.15, 0.2) is 12.1 Å². The van der Waals surface area contributed by atoms with Gasteiger partial charge in [-0.2, -0.15) is 0 Å². The summed E-state index contributed by atoms with van der Waals surface area (Å²) in [5.41, 5.74) is -3.32. The van der Waals surface area contributed by atoms with E-state index in [4.69, 9.17) is 0 Å². The van der Waals surface area contributed by atoms with Gasteiger partial charge in [0.15, 0.2) is 0 Å². The van der Waals surface area contributed by atoms with Crippen molar-refractivity contribution in [2.75, 3.05) is 0 Å². The molecule has 0 aromatic heterocycles. The van der Waals surface area contributed by atoms with Crippen LogP contribution in [0, 0.1) is 0 Å². The van der Waals surface area contributed by atoms with E-state index in [0.717, 1.165) is 12.1 Å². The van der Waals surface area contributed by atoms with Crippen LogP contribution in [0.2, 0.25) is 0 Å². The molecule has 0 atom stereocenters. The lowest BCUT2D eigenvalue weighted by molar-refractivity contribution is 0.0648. The highest BCUT2D eigenvalue weighted by Crippen LogP contribution is 2.22. The summed E-state index contributed by atoms with van der Waals surface area (Å²) in [4.78, 5) is 48.4. The van der Waals surface area contributed by atoms with E-state index in [0.29, 0.717) is 0 Å². The smallest absolute Gasteiger partial charge is 0.337 e. The van der Waals surface area contributed by atoms with Gasteiger partial charge in [-0.15, -0.1) is 0 Å². The summed E-state index contributed by atoms with van der Waals surface area (Å²) in [6.45, 7) is 10.2. The van der Waals surface area contributed by atoms with Crippen molar-refractivity contribution in [2.45, 2.75) is 52.6 Å². The zero-order valence-corrected chi connectivity index (χ0v) is 15.7. The largest absolute Gasteiger partial charge is 0.478 e. The Morgan fingerprint density at radius 1 is 0.692 bits per heavy atom. The second-order valence-corrected chi connectivity index (χ2v) is 7.93. The minimum atomic E-state index is -1.60. The average molecular weight is 364 g/mol. The second-order valence-electron chi connectivity index (χ2n) is 7.93. The molecule has 0 radical (unpaired) electrons. The number of hydrogen-bond donors (Lipinski definition) is 4. The number of carbonyl (C=O) groups excluding carboxylic acids is 2. The highest BCUT2D eigenvalue weighted by atomic mass is 16.4. The third-order valence-corrected chi connectivity index (χ3v) is 3.10. The SMILES string of the molecule is CC(C)(C)NC(=O)c1ccc(C(=O)O)c(C(=O)O)c1C(=O)NC(C)(C)C. The van der Waals surface area contributed by atoms with Gasteiger partial charge in [0.2, 0.25) is 0 Å². The number of nitrogens with one attached hydrogen (secondary N) is 2. The number of benzene rings is 1. The maximum Gasteiger partial charge on any atom is 0.337 e. The number of hydrogen-bond acceptors (Lipinski definition) is 4. The Kier molecular flexibility index (Phi) is 5.81. The maximum atomic E-state index is 12.7. The summed E-state index contributed by atoms with van der Waals surface area (Å²) >= 11 is 0. The lowest BCUT2D eigenvalue weighted by atomic mass is 9.93. The molecule has 8 heteroatoms. The molecule has 142 valence electrons. The molecule has 0 heterocycles. The first-order chi connectivity index (χ1) is 11.6. The fourth-order valence-corrected chi connectivity index (χ4v) is 2.24. The fraction of sp³-hybridized carbons (Fsp3) is 0.444. The first-order valence-electron chi connectivity index (χ1n) is 7.92. The van der Waals surface area contributed by atoms with Crippen molar-refractivity contribution in [1.82, 2.24) is 10.6 Å². The van der Waals surface area contributed by atoms with Crippen molar-refractivity contribution in [3.8, 4) is 0 Å². The van der Waals surface area contributed by atoms with E-state index >= 15 is 0 Å². The zero-order chi connectivity index (χ0) is 20.4. The molecule has 1 aromatic rings. The summed E-state index contributed by atoms with van der Waals surface area (Å²) in [6, 6.07) is 2.16. The predicted molar refractivity (Wildman–Crippen MR) is 94.8 cm³/mol. The van der Waals surface area contributed by atoms with Crippen molar-refractivity contribution in [1.29, 1.82) is 0 Å². The Labute approximate surface area is 151 Å². The van der Waals surface area contributed by atoms with E-state index in [1.807, 2.05) is 0 Å². The predicted octanol–water partition coefficient (Wildman–Crippen LogP) is 2.14. The van der Waals surface area contributed by atoms with Crippen LogP contribution in [0.25, 0.3) is 0 Å². The zero-order valence-electron chi connectivity index (χ0n) is 15.7. The fourth-order valence-electron chi connectivity index (χ4n) is 2.24. The Balaban J connectivity index is 3.73. The molecule has 1 aromatic carbocycles. The molecule has 0 bridgehead atoms. The van der Waals surface area contributed by atoms with Crippen molar-refractivity contribution in [3.63, 3.8) is 0 Å². The first kappa shape index (κ1) is 21.1. The number of aromatic carboxylic acids is 2. The number of amides is 2. The number of carboxylic acid groups (broad SMARTS) is 2. The average Bonchev–Trinajstić information content (AvgIpc) is 2.41. The van der Waals surface area contributed by atoms with Crippen LogP contribution in [-0.4, -0.2) is 45.0 Å². The number of rotatable bonds is 4. The first-order valence-corrected chi connectivity index (χ1v) is 7.92. The topological polar surface area (TPSA) is 133 Å². The van der Waals surface area contributed by atoms with Crippen LogP contribution in [0.3, 0.4) is 0 Å². The summed E-state index contributed by atoms with van der Waals surface area (Å²) < 4.78 is 0.